The number of piperidine rings is 1. The summed E-state index contributed by atoms with van der Waals surface area (Å²) >= 11 is 0. The Morgan fingerprint density at radius 2 is 2.00 bits per heavy atom. The number of carbonyl (C=O) groups excluding carboxylic acids is 2. The van der Waals surface area contributed by atoms with Crippen molar-refractivity contribution in [3.05, 3.63) is 30.4 Å². The fourth-order valence-corrected chi connectivity index (χ4v) is 3.74. The maximum absolute atomic E-state index is 13.4. The van der Waals surface area contributed by atoms with Crippen molar-refractivity contribution in [2.45, 2.75) is 51.0 Å². The van der Waals surface area contributed by atoms with Crippen LogP contribution < -0.4 is 14.8 Å². The van der Waals surface area contributed by atoms with Crippen molar-refractivity contribution in [3.63, 3.8) is 0 Å². The van der Waals surface area contributed by atoms with Gasteiger partial charge in [0.25, 0.3) is 5.91 Å². The predicted molar refractivity (Wildman–Crippen MR) is 126 cm³/mol. The molecule has 34 heavy (non-hydrogen) atoms. The zero-order chi connectivity index (χ0) is 24.9. The number of hydrogen-bond donors (Lipinski definition) is 3. The van der Waals surface area contributed by atoms with Gasteiger partial charge < -0.3 is 29.3 Å². The first-order chi connectivity index (χ1) is 16.4. The highest BCUT2D eigenvalue weighted by Gasteiger charge is 2.30. The zero-order valence-electron chi connectivity index (χ0n) is 19.6. The molecule has 0 aliphatic carbocycles. The standard InChI is InChI=1S/C24H34N2O8/c1-3-12-34-24(31)25-19-15-21(33-13-8-4-5-10-22(28)29)20(32-2)14-18(19)23(30)26-11-7-6-9-17(26)16-27/h3,14-15,17,27H,1,4-13,16H2,2H3,(H,25,31)(H,28,29). The number of carboxylic acid groups (broad SMARTS) is 1. The summed E-state index contributed by atoms with van der Waals surface area (Å²) in [5.74, 6) is -0.527. The lowest BCUT2D eigenvalue weighted by Crippen LogP contribution is -2.45. The number of unbranched alkanes of at least 4 members (excludes halogenated alkanes) is 2. The minimum absolute atomic E-state index is 0.00365. The summed E-state index contributed by atoms with van der Waals surface area (Å²) in [6.07, 6.45) is 5.10. The Balaban J connectivity index is 2.26. The lowest BCUT2D eigenvalue weighted by molar-refractivity contribution is -0.137. The number of nitrogens with zero attached hydrogens (tertiary/aromatic N) is 1. The van der Waals surface area contributed by atoms with E-state index in [4.69, 9.17) is 19.3 Å². The van der Waals surface area contributed by atoms with E-state index in [2.05, 4.69) is 11.9 Å². The lowest BCUT2D eigenvalue weighted by atomic mass is 10.0. The molecule has 0 spiro atoms. The molecule has 10 heteroatoms. The molecule has 188 valence electrons. The molecule has 1 aromatic carbocycles. The van der Waals surface area contributed by atoms with Crippen molar-refractivity contribution in [3.8, 4) is 11.5 Å². The number of hydrogen-bond acceptors (Lipinski definition) is 7. The van der Waals surface area contributed by atoms with E-state index in [-0.39, 0.29) is 42.8 Å². The van der Waals surface area contributed by atoms with Gasteiger partial charge in [-0.3, -0.25) is 14.9 Å². The molecule has 1 heterocycles. The number of aliphatic hydroxyl groups excluding tert-OH is 1. The lowest BCUT2D eigenvalue weighted by Gasteiger charge is -2.35. The summed E-state index contributed by atoms with van der Waals surface area (Å²) < 4.78 is 16.3. The molecule has 1 fully saturated rings. The molecule has 0 aromatic heterocycles. The summed E-state index contributed by atoms with van der Waals surface area (Å²) in [7, 11) is 1.45. The molecular weight excluding hydrogens is 444 g/mol. The highest BCUT2D eigenvalue weighted by molar-refractivity contribution is 6.03. The first-order valence-electron chi connectivity index (χ1n) is 11.4. The van der Waals surface area contributed by atoms with E-state index in [1.54, 1.807) is 4.90 Å². The third-order valence-corrected chi connectivity index (χ3v) is 5.49. The van der Waals surface area contributed by atoms with Crippen LogP contribution in [0.3, 0.4) is 0 Å². The summed E-state index contributed by atoms with van der Waals surface area (Å²) in [5, 5.41) is 21.1. The molecule has 1 aliphatic heterocycles. The van der Waals surface area contributed by atoms with E-state index in [0.29, 0.717) is 50.3 Å². The van der Waals surface area contributed by atoms with Crippen molar-refractivity contribution in [2.75, 3.05) is 38.8 Å². The monoisotopic (exact) mass is 478 g/mol. The fourth-order valence-electron chi connectivity index (χ4n) is 3.74. The molecule has 0 saturated carbocycles. The summed E-state index contributed by atoms with van der Waals surface area (Å²) in [4.78, 5) is 37.9. The van der Waals surface area contributed by atoms with Crippen molar-refractivity contribution in [1.29, 1.82) is 0 Å². The molecule has 1 saturated heterocycles. The van der Waals surface area contributed by atoms with Gasteiger partial charge in [0.15, 0.2) is 11.5 Å². The van der Waals surface area contributed by atoms with E-state index in [0.717, 1.165) is 12.8 Å². The molecular formula is C24H34N2O8. The molecule has 2 amide bonds. The third-order valence-electron chi connectivity index (χ3n) is 5.49. The van der Waals surface area contributed by atoms with Gasteiger partial charge in [0.2, 0.25) is 0 Å². The van der Waals surface area contributed by atoms with E-state index >= 15 is 0 Å². The largest absolute Gasteiger partial charge is 0.493 e. The molecule has 3 N–H and O–H groups in total. The smallest absolute Gasteiger partial charge is 0.411 e. The van der Waals surface area contributed by atoms with Crippen molar-refractivity contribution >= 4 is 23.7 Å². The molecule has 2 rings (SSSR count). The summed E-state index contributed by atoms with van der Waals surface area (Å²) in [6.45, 7) is 4.18. The number of aliphatic carboxylic acids is 1. The quantitative estimate of drug-likeness (QED) is 0.290. The van der Waals surface area contributed by atoms with Crippen LogP contribution in [-0.4, -0.2) is 72.6 Å². The van der Waals surface area contributed by atoms with Crippen LogP contribution in [-0.2, 0) is 9.53 Å². The highest BCUT2D eigenvalue weighted by atomic mass is 16.5. The average molecular weight is 479 g/mol. The minimum atomic E-state index is -0.834. The van der Waals surface area contributed by atoms with E-state index in [9.17, 15) is 19.5 Å². The van der Waals surface area contributed by atoms with Crippen molar-refractivity contribution in [1.82, 2.24) is 4.90 Å². The van der Waals surface area contributed by atoms with E-state index in [1.165, 1.54) is 25.3 Å². The van der Waals surface area contributed by atoms with Crippen LogP contribution in [0.15, 0.2) is 24.8 Å². The van der Waals surface area contributed by atoms with Gasteiger partial charge >= 0.3 is 12.1 Å². The van der Waals surface area contributed by atoms with Crippen molar-refractivity contribution < 1.29 is 38.8 Å². The topological polar surface area (TPSA) is 135 Å². The molecule has 1 atom stereocenters. The SMILES string of the molecule is C=CCOC(=O)Nc1cc(OCCCCCC(=O)O)c(OC)cc1C(=O)N1CCCCC1CO. The normalized spacial score (nSPS) is 15.4. The van der Waals surface area contributed by atoms with Gasteiger partial charge in [-0.1, -0.05) is 12.7 Å². The Hall–Kier alpha value is -3.27. The van der Waals surface area contributed by atoms with Crippen molar-refractivity contribution in [2.24, 2.45) is 0 Å². The number of methoxy groups -OCH3 is 1. The number of rotatable bonds is 13. The molecule has 1 unspecified atom stereocenters. The first kappa shape index (κ1) is 27.0. The molecule has 10 nitrogen and oxygen atoms in total. The minimum Gasteiger partial charge on any atom is -0.493 e. The number of nitrogens with one attached hydrogen (secondary N) is 1. The maximum atomic E-state index is 13.4. The molecule has 0 radical (unpaired) electrons. The van der Waals surface area contributed by atoms with E-state index < -0.39 is 12.1 Å². The summed E-state index contributed by atoms with van der Waals surface area (Å²) in [5.41, 5.74) is 0.393. The number of ether oxygens (including phenoxy) is 3. The fraction of sp³-hybridized carbons (Fsp3) is 0.542. The molecule has 0 bridgehead atoms. The zero-order valence-corrected chi connectivity index (χ0v) is 19.6. The Kier molecular flexibility index (Phi) is 11.2. The van der Waals surface area contributed by atoms with Crippen LogP contribution in [0.5, 0.6) is 11.5 Å². The second-order valence-electron chi connectivity index (χ2n) is 7.94. The third kappa shape index (κ3) is 7.95. The van der Waals surface area contributed by atoms with Crippen LogP contribution in [0.1, 0.15) is 55.3 Å². The van der Waals surface area contributed by atoms with Gasteiger partial charge in [-0.2, -0.15) is 0 Å². The Morgan fingerprint density at radius 3 is 2.68 bits per heavy atom. The van der Waals surface area contributed by atoms with Gasteiger partial charge in [-0.15, -0.1) is 0 Å². The van der Waals surface area contributed by atoms with Gasteiger partial charge in [-0.05, 0) is 44.6 Å². The first-order valence-corrected chi connectivity index (χ1v) is 11.4. The van der Waals surface area contributed by atoms with Gasteiger partial charge in [0, 0.05) is 19.0 Å². The maximum Gasteiger partial charge on any atom is 0.411 e. The van der Waals surface area contributed by atoms with Crippen LogP contribution in [0.4, 0.5) is 10.5 Å². The number of benzene rings is 1. The number of amides is 2. The number of carboxylic acids is 1. The number of anilines is 1. The van der Waals surface area contributed by atoms with E-state index in [1.807, 2.05) is 0 Å². The molecule has 1 aromatic rings. The molecule has 1 aliphatic rings. The number of aliphatic hydroxyl groups is 1. The second-order valence-corrected chi connectivity index (χ2v) is 7.94. The Morgan fingerprint density at radius 1 is 1.21 bits per heavy atom. The number of likely N-dealkylation sites (tertiary alicyclic amines) is 1. The highest BCUT2D eigenvalue weighted by Crippen LogP contribution is 2.35. The number of carbonyl (C=O) groups is 3. The predicted octanol–water partition coefficient (Wildman–Crippen LogP) is 3.44. The second kappa shape index (κ2) is 14.1. The van der Waals surface area contributed by atoms with Crippen LogP contribution >= 0.6 is 0 Å². The Labute approximate surface area is 199 Å². The van der Waals surface area contributed by atoms with Gasteiger partial charge in [0.05, 0.1) is 37.6 Å². The van der Waals surface area contributed by atoms with Gasteiger partial charge in [-0.25, -0.2) is 4.79 Å². The van der Waals surface area contributed by atoms with Crippen LogP contribution in [0.2, 0.25) is 0 Å². The Bertz CT molecular complexity index is 858. The van der Waals surface area contributed by atoms with Crippen LogP contribution in [0, 0.1) is 0 Å². The summed E-state index contributed by atoms with van der Waals surface area (Å²) in [6, 6.07) is 2.72. The average Bonchev–Trinajstić information content (AvgIpc) is 2.84. The van der Waals surface area contributed by atoms with Gasteiger partial charge in [0.1, 0.15) is 6.61 Å². The van der Waals surface area contributed by atoms with Crippen LogP contribution in [0.25, 0.3) is 0 Å².